The molecule has 0 radical (unpaired) electrons. The first kappa shape index (κ1) is 15.2. The predicted molar refractivity (Wildman–Crippen MR) is 74.6 cm³/mol. The highest BCUT2D eigenvalue weighted by molar-refractivity contribution is 5.26. The Kier molecular flexibility index (Phi) is 8.47. The summed E-state index contributed by atoms with van der Waals surface area (Å²) in [6.07, 6.45) is 2.16. The first-order valence-electron chi connectivity index (χ1n) is 6.72. The van der Waals surface area contributed by atoms with Crippen molar-refractivity contribution in [2.75, 3.05) is 26.9 Å². The van der Waals surface area contributed by atoms with E-state index in [1.807, 2.05) is 0 Å². The largest absolute Gasteiger partial charge is 0.381 e. The van der Waals surface area contributed by atoms with Crippen LogP contribution in [0.5, 0.6) is 0 Å². The third-order valence-corrected chi connectivity index (χ3v) is 2.72. The van der Waals surface area contributed by atoms with Gasteiger partial charge in [0.25, 0.3) is 0 Å². The van der Waals surface area contributed by atoms with Crippen molar-refractivity contribution in [1.82, 2.24) is 5.32 Å². The molecule has 0 unspecified atom stereocenters. The maximum absolute atomic E-state index is 5.44. The van der Waals surface area contributed by atoms with Crippen LogP contribution in [0.3, 0.4) is 0 Å². The van der Waals surface area contributed by atoms with E-state index in [0.717, 1.165) is 39.1 Å². The maximum Gasteiger partial charge on any atom is 0.0716 e. The van der Waals surface area contributed by atoms with Gasteiger partial charge in [0.05, 0.1) is 6.61 Å². The highest BCUT2D eigenvalue weighted by atomic mass is 16.5. The first-order valence-corrected chi connectivity index (χ1v) is 6.72. The van der Waals surface area contributed by atoms with Crippen LogP contribution in [0.15, 0.2) is 24.3 Å². The van der Waals surface area contributed by atoms with Crippen LogP contribution in [-0.2, 0) is 22.6 Å². The molecule has 1 rings (SSSR count). The molecule has 0 aliphatic carbocycles. The quantitative estimate of drug-likeness (QED) is 0.649. The van der Waals surface area contributed by atoms with E-state index in [-0.39, 0.29) is 0 Å². The van der Waals surface area contributed by atoms with Gasteiger partial charge in [-0.15, -0.1) is 0 Å². The molecule has 0 atom stereocenters. The molecule has 0 saturated carbocycles. The van der Waals surface area contributed by atoms with Crippen LogP contribution in [0.1, 0.15) is 30.9 Å². The molecule has 0 aromatic heterocycles. The van der Waals surface area contributed by atoms with Gasteiger partial charge in [-0.25, -0.2) is 0 Å². The van der Waals surface area contributed by atoms with Crippen LogP contribution in [-0.4, -0.2) is 26.9 Å². The molecule has 0 saturated heterocycles. The van der Waals surface area contributed by atoms with Crippen molar-refractivity contribution in [1.29, 1.82) is 0 Å². The summed E-state index contributed by atoms with van der Waals surface area (Å²) in [6.45, 7) is 6.41. The molecule has 18 heavy (non-hydrogen) atoms. The van der Waals surface area contributed by atoms with Crippen molar-refractivity contribution in [2.45, 2.75) is 32.9 Å². The second-order valence-corrected chi connectivity index (χ2v) is 4.34. The second kappa shape index (κ2) is 10.1. The lowest BCUT2D eigenvalue weighted by molar-refractivity contribution is 0.132. The maximum atomic E-state index is 5.44. The third-order valence-electron chi connectivity index (χ3n) is 2.72. The van der Waals surface area contributed by atoms with E-state index in [2.05, 4.69) is 36.5 Å². The number of hydrogen-bond donors (Lipinski definition) is 1. The number of rotatable bonds is 10. The fraction of sp³-hybridized carbons (Fsp3) is 0.600. The normalized spacial score (nSPS) is 10.8. The highest BCUT2D eigenvalue weighted by Crippen LogP contribution is 2.09. The molecule has 3 nitrogen and oxygen atoms in total. The average Bonchev–Trinajstić information content (AvgIpc) is 2.40. The Bertz CT molecular complexity index is 315. The topological polar surface area (TPSA) is 30.5 Å². The lowest BCUT2D eigenvalue weighted by Gasteiger charge is -2.10. The van der Waals surface area contributed by atoms with Crippen LogP contribution >= 0.6 is 0 Å². The van der Waals surface area contributed by atoms with E-state index in [1.165, 1.54) is 11.1 Å². The van der Waals surface area contributed by atoms with E-state index >= 15 is 0 Å². The van der Waals surface area contributed by atoms with Gasteiger partial charge in [-0.1, -0.05) is 31.2 Å². The van der Waals surface area contributed by atoms with Gasteiger partial charge in [0, 0.05) is 26.9 Å². The Balaban J connectivity index is 2.18. The molecule has 3 heteroatoms. The van der Waals surface area contributed by atoms with Crippen LogP contribution < -0.4 is 5.32 Å². The Morgan fingerprint density at radius 2 is 1.89 bits per heavy atom. The molecule has 0 fully saturated rings. The van der Waals surface area contributed by atoms with Crippen LogP contribution in [0.2, 0.25) is 0 Å². The molecule has 0 spiro atoms. The molecular formula is C15H25NO2. The summed E-state index contributed by atoms with van der Waals surface area (Å²) in [7, 11) is 1.73. The van der Waals surface area contributed by atoms with E-state index < -0.39 is 0 Å². The lowest BCUT2D eigenvalue weighted by Crippen LogP contribution is -2.17. The minimum absolute atomic E-state index is 0.678. The van der Waals surface area contributed by atoms with Gasteiger partial charge in [-0.2, -0.15) is 0 Å². The Morgan fingerprint density at radius 3 is 2.61 bits per heavy atom. The van der Waals surface area contributed by atoms with E-state index in [4.69, 9.17) is 9.47 Å². The molecule has 0 bridgehead atoms. The Morgan fingerprint density at radius 1 is 1.11 bits per heavy atom. The number of nitrogens with one attached hydrogen (secondary N) is 1. The summed E-state index contributed by atoms with van der Waals surface area (Å²) in [4.78, 5) is 0. The van der Waals surface area contributed by atoms with Crippen LogP contribution in [0.25, 0.3) is 0 Å². The predicted octanol–water partition coefficient (Wildman–Crippen LogP) is 2.74. The molecule has 0 aliphatic rings. The highest BCUT2D eigenvalue weighted by Gasteiger charge is 2.00. The number of ether oxygens (including phenoxy) is 2. The molecule has 1 aromatic rings. The van der Waals surface area contributed by atoms with Crippen LogP contribution in [0, 0.1) is 0 Å². The van der Waals surface area contributed by atoms with E-state index in [0.29, 0.717) is 6.61 Å². The smallest absolute Gasteiger partial charge is 0.0716 e. The fourth-order valence-corrected chi connectivity index (χ4v) is 1.79. The Labute approximate surface area is 110 Å². The van der Waals surface area contributed by atoms with Crippen molar-refractivity contribution in [3.63, 3.8) is 0 Å². The number of hydrogen-bond acceptors (Lipinski definition) is 3. The lowest BCUT2D eigenvalue weighted by atomic mass is 10.1. The van der Waals surface area contributed by atoms with Gasteiger partial charge >= 0.3 is 0 Å². The summed E-state index contributed by atoms with van der Waals surface area (Å²) in [5, 5.41) is 3.44. The first-order chi connectivity index (χ1) is 8.88. The van der Waals surface area contributed by atoms with Gasteiger partial charge in [-0.3, -0.25) is 0 Å². The second-order valence-electron chi connectivity index (χ2n) is 4.34. The third kappa shape index (κ3) is 6.15. The summed E-state index contributed by atoms with van der Waals surface area (Å²) >= 11 is 0. The zero-order valence-corrected chi connectivity index (χ0v) is 11.6. The number of methoxy groups -OCH3 is 1. The summed E-state index contributed by atoms with van der Waals surface area (Å²) in [6, 6.07) is 8.39. The Hall–Kier alpha value is -0.900. The van der Waals surface area contributed by atoms with Crippen molar-refractivity contribution in [2.24, 2.45) is 0 Å². The van der Waals surface area contributed by atoms with Gasteiger partial charge in [-0.05, 0) is 30.5 Å². The average molecular weight is 251 g/mol. The van der Waals surface area contributed by atoms with Gasteiger partial charge < -0.3 is 14.8 Å². The van der Waals surface area contributed by atoms with Gasteiger partial charge in [0.1, 0.15) is 0 Å². The van der Waals surface area contributed by atoms with Crippen LogP contribution in [0.4, 0.5) is 0 Å². The van der Waals surface area contributed by atoms with Crippen molar-refractivity contribution in [3.8, 4) is 0 Å². The van der Waals surface area contributed by atoms with Crippen molar-refractivity contribution in [3.05, 3.63) is 35.4 Å². The molecular weight excluding hydrogens is 226 g/mol. The molecule has 1 aromatic carbocycles. The van der Waals surface area contributed by atoms with Gasteiger partial charge in [0.2, 0.25) is 0 Å². The molecule has 0 amide bonds. The standard InChI is InChI=1S/C15H25NO2/c1-3-10-18-11-6-9-16-12-14-7-4-5-8-15(14)13-17-2/h4-5,7-8,16H,3,6,9-13H2,1-2H3. The number of benzene rings is 1. The van der Waals surface area contributed by atoms with E-state index in [1.54, 1.807) is 7.11 Å². The fourth-order valence-electron chi connectivity index (χ4n) is 1.79. The van der Waals surface area contributed by atoms with Crippen molar-refractivity contribution >= 4 is 0 Å². The zero-order valence-electron chi connectivity index (χ0n) is 11.6. The molecule has 0 aliphatic heterocycles. The van der Waals surface area contributed by atoms with E-state index in [9.17, 15) is 0 Å². The monoisotopic (exact) mass is 251 g/mol. The molecule has 0 heterocycles. The summed E-state index contributed by atoms with van der Waals surface area (Å²) in [5.41, 5.74) is 2.57. The molecule has 102 valence electrons. The zero-order chi connectivity index (χ0) is 13.1. The molecule has 1 N–H and O–H groups in total. The minimum Gasteiger partial charge on any atom is -0.381 e. The van der Waals surface area contributed by atoms with Crippen molar-refractivity contribution < 1.29 is 9.47 Å². The summed E-state index contributed by atoms with van der Waals surface area (Å²) < 4.78 is 10.6. The summed E-state index contributed by atoms with van der Waals surface area (Å²) in [5.74, 6) is 0. The minimum atomic E-state index is 0.678. The van der Waals surface area contributed by atoms with Gasteiger partial charge in [0.15, 0.2) is 0 Å². The SMILES string of the molecule is CCCOCCCNCc1ccccc1COC.